The number of rotatable bonds is 7. The van der Waals surface area contributed by atoms with Gasteiger partial charge in [-0.3, -0.25) is 10.1 Å². The molecule has 0 fully saturated rings. The average molecular weight is 624 g/mol. The molecule has 0 saturated heterocycles. The summed E-state index contributed by atoms with van der Waals surface area (Å²) < 4.78 is 79.6. The third kappa shape index (κ3) is 7.66. The summed E-state index contributed by atoms with van der Waals surface area (Å²) in [4.78, 5) is 25.5. The van der Waals surface area contributed by atoms with Crippen molar-refractivity contribution in [1.29, 1.82) is 0 Å². The lowest BCUT2D eigenvalue weighted by Gasteiger charge is -2.23. The fourth-order valence-corrected chi connectivity index (χ4v) is 4.22. The zero-order valence-electron chi connectivity index (χ0n) is 19.7. The SMILES string of the molecule is CC[C@H](C)[C@@H](NC(=O)Nc1cc(C(F)(F)F)cc(C(F)(F)F)c1)C(=O)Nc1nnc(-c2ccc(Br)cc2)s1. The molecular weight excluding hydrogens is 604 g/mol. The van der Waals surface area contributed by atoms with Gasteiger partial charge in [0, 0.05) is 15.7 Å². The molecule has 0 aliphatic carbocycles. The van der Waals surface area contributed by atoms with Crippen molar-refractivity contribution in [3.63, 3.8) is 0 Å². The van der Waals surface area contributed by atoms with Crippen molar-refractivity contribution in [3.8, 4) is 10.6 Å². The number of urea groups is 1. The van der Waals surface area contributed by atoms with E-state index in [1.165, 1.54) is 0 Å². The molecule has 2 aromatic carbocycles. The maximum atomic E-state index is 13.1. The van der Waals surface area contributed by atoms with Gasteiger partial charge in [-0.15, -0.1) is 10.2 Å². The van der Waals surface area contributed by atoms with Gasteiger partial charge >= 0.3 is 18.4 Å². The van der Waals surface area contributed by atoms with Crippen LogP contribution in [0.5, 0.6) is 0 Å². The van der Waals surface area contributed by atoms with Gasteiger partial charge in [-0.2, -0.15) is 26.3 Å². The molecule has 3 rings (SSSR count). The molecule has 1 aromatic heterocycles. The van der Waals surface area contributed by atoms with E-state index in [0.29, 0.717) is 23.6 Å². The van der Waals surface area contributed by atoms with Gasteiger partial charge in [-0.25, -0.2) is 4.79 Å². The number of halogens is 7. The molecule has 1 heterocycles. The number of nitrogens with zero attached hydrogens (tertiary/aromatic N) is 2. The third-order valence-electron chi connectivity index (χ3n) is 5.37. The molecule has 0 spiro atoms. The zero-order valence-corrected chi connectivity index (χ0v) is 22.1. The highest BCUT2D eigenvalue weighted by atomic mass is 79.9. The standard InChI is InChI=1S/C23H20BrF6N5O2S/c1-3-11(2)17(18(36)33-21-35-34-19(38-21)12-4-6-15(24)7-5-12)32-20(37)31-16-9-13(22(25,26)27)8-14(10-16)23(28,29)30/h4-11,17H,3H2,1-2H3,(H2,31,32,37)(H,33,35,36)/t11-,17+/m0/s1. The molecule has 204 valence electrons. The van der Waals surface area contributed by atoms with E-state index in [-0.39, 0.29) is 11.2 Å². The van der Waals surface area contributed by atoms with Crippen LogP contribution in [0.25, 0.3) is 10.6 Å². The van der Waals surface area contributed by atoms with Crippen molar-refractivity contribution in [2.75, 3.05) is 10.6 Å². The molecule has 3 amide bonds. The third-order valence-corrected chi connectivity index (χ3v) is 6.79. The van der Waals surface area contributed by atoms with Crippen molar-refractivity contribution in [3.05, 3.63) is 58.1 Å². The number of hydrogen-bond acceptors (Lipinski definition) is 5. The minimum absolute atomic E-state index is 0.0525. The smallest absolute Gasteiger partial charge is 0.326 e. The number of carbonyl (C=O) groups is 2. The number of nitrogens with one attached hydrogen (secondary N) is 3. The Morgan fingerprint density at radius 1 is 0.947 bits per heavy atom. The number of anilines is 2. The maximum Gasteiger partial charge on any atom is 0.416 e. The molecule has 0 aliphatic heterocycles. The van der Waals surface area contributed by atoms with Crippen molar-refractivity contribution in [2.24, 2.45) is 5.92 Å². The van der Waals surface area contributed by atoms with Gasteiger partial charge in [0.2, 0.25) is 11.0 Å². The minimum atomic E-state index is -5.08. The van der Waals surface area contributed by atoms with E-state index < -0.39 is 53.1 Å². The summed E-state index contributed by atoms with van der Waals surface area (Å²) in [5, 5.41) is 15.4. The summed E-state index contributed by atoms with van der Waals surface area (Å²) in [7, 11) is 0. The molecule has 0 unspecified atom stereocenters. The lowest BCUT2D eigenvalue weighted by Crippen LogP contribution is -2.49. The summed E-state index contributed by atoms with van der Waals surface area (Å²) in [5.41, 5.74) is -3.16. The quantitative estimate of drug-likeness (QED) is 0.243. The first kappa shape index (κ1) is 29.4. The van der Waals surface area contributed by atoms with Gasteiger partial charge in [-0.1, -0.05) is 59.7 Å². The summed E-state index contributed by atoms with van der Waals surface area (Å²) in [5.74, 6) is -1.14. The van der Waals surface area contributed by atoms with Crippen molar-refractivity contribution >= 4 is 50.0 Å². The molecule has 7 nitrogen and oxygen atoms in total. The highest BCUT2D eigenvalue weighted by molar-refractivity contribution is 9.10. The van der Waals surface area contributed by atoms with E-state index in [1.807, 2.05) is 5.32 Å². The molecule has 2 atom stereocenters. The molecule has 38 heavy (non-hydrogen) atoms. The number of alkyl halides is 6. The molecule has 0 radical (unpaired) electrons. The molecule has 0 aliphatic rings. The molecular formula is C23H20BrF6N5O2S. The Bertz CT molecular complexity index is 1260. The van der Waals surface area contributed by atoms with Crippen molar-refractivity contribution < 1.29 is 35.9 Å². The van der Waals surface area contributed by atoms with Crippen molar-refractivity contribution in [2.45, 2.75) is 38.7 Å². The largest absolute Gasteiger partial charge is 0.416 e. The molecule has 3 N–H and O–H groups in total. The first-order valence-corrected chi connectivity index (χ1v) is 12.6. The fourth-order valence-electron chi connectivity index (χ4n) is 3.20. The van der Waals surface area contributed by atoms with Crippen LogP contribution in [0.3, 0.4) is 0 Å². The summed E-state index contributed by atoms with van der Waals surface area (Å²) in [6.45, 7) is 3.38. The topological polar surface area (TPSA) is 96.0 Å². The van der Waals surface area contributed by atoms with E-state index in [9.17, 15) is 35.9 Å². The summed E-state index contributed by atoms with van der Waals surface area (Å²) in [6.07, 6.45) is -9.74. The maximum absolute atomic E-state index is 13.1. The Hall–Kier alpha value is -3.20. The van der Waals surface area contributed by atoms with Crippen LogP contribution in [0.1, 0.15) is 31.4 Å². The Balaban J connectivity index is 1.76. The lowest BCUT2D eigenvalue weighted by atomic mass is 9.98. The molecule has 15 heteroatoms. The Morgan fingerprint density at radius 3 is 2.05 bits per heavy atom. The van der Waals surface area contributed by atoms with Gasteiger partial charge < -0.3 is 10.6 Å². The van der Waals surface area contributed by atoms with Crippen LogP contribution in [0.15, 0.2) is 46.9 Å². The van der Waals surface area contributed by atoms with Crippen LogP contribution in [-0.2, 0) is 17.1 Å². The van der Waals surface area contributed by atoms with E-state index in [4.69, 9.17) is 0 Å². The molecule has 3 aromatic rings. The lowest BCUT2D eigenvalue weighted by molar-refractivity contribution is -0.143. The van der Waals surface area contributed by atoms with Gasteiger partial charge in [0.1, 0.15) is 11.0 Å². The predicted octanol–water partition coefficient (Wildman–Crippen LogP) is 7.18. The second kappa shape index (κ2) is 11.7. The number of benzene rings is 2. The number of amides is 3. The number of hydrogen-bond donors (Lipinski definition) is 3. The van der Waals surface area contributed by atoms with Gasteiger partial charge in [0.25, 0.3) is 0 Å². The monoisotopic (exact) mass is 623 g/mol. The molecule has 0 bridgehead atoms. The Labute approximate surface area is 225 Å². The normalized spacial score (nSPS) is 13.5. The fraction of sp³-hybridized carbons (Fsp3) is 0.304. The van der Waals surface area contributed by atoms with Crippen LogP contribution < -0.4 is 16.0 Å². The Morgan fingerprint density at radius 2 is 1.53 bits per heavy atom. The van der Waals surface area contributed by atoms with Crippen LogP contribution in [0.2, 0.25) is 0 Å². The van der Waals surface area contributed by atoms with Crippen LogP contribution in [0, 0.1) is 5.92 Å². The predicted molar refractivity (Wildman–Crippen MR) is 134 cm³/mol. The highest BCUT2D eigenvalue weighted by Gasteiger charge is 2.37. The first-order valence-electron chi connectivity index (χ1n) is 10.9. The van der Waals surface area contributed by atoms with Crippen molar-refractivity contribution in [1.82, 2.24) is 15.5 Å². The van der Waals surface area contributed by atoms with Crippen LogP contribution >= 0.6 is 27.3 Å². The highest BCUT2D eigenvalue weighted by Crippen LogP contribution is 2.37. The Kier molecular flexibility index (Phi) is 9.02. The average Bonchev–Trinajstić information content (AvgIpc) is 3.29. The van der Waals surface area contributed by atoms with E-state index in [1.54, 1.807) is 38.1 Å². The van der Waals surface area contributed by atoms with Crippen LogP contribution in [-0.4, -0.2) is 28.2 Å². The van der Waals surface area contributed by atoms with E-state index >= 15 is 0 Å². The van der Waals surface area contributed by atoms with Gasteiger partial charge in [0.15, 0.2) is 0 Å². The van der Waals surface area contributed by atoms with Gasteiger partial charge in [-0.05, 0) is 36.2 Å². The molecule has 0 saturated carbocycles. The second-order valence-electron chi connectivity index (χ2n) is 8.16. The second-order valence-corrected chi connectivity index (χ2v) is 10.1. The van der Waals surface area contributed by atoms with E-state index in [0.717, 1.165) is 21.4 Å². The zero-order chi connectivity index (χ0) is 28.3. The van der Waals surface area contributed by atoms with Gasteiger partial charge in [0.05, 0.1) is 11.1 Å². The van der Waals surface area contributed by atoms with Crippen LogP contribution in [0.4, 0.5) is 42.0 Å². The number of aromatic nitrogens is 2. The summed E-state index contributed by atoms with van der Waals surface area (Å²) >= 11 is 4.40. The van der Waals surface area contributed by atoms with E-state index in [2.05, 4.69) is 36.8 Å². The number of carbonyl (C=O) groups excluding carboxylic acids is 2. The first-order chi connectivity index (χ1) is 17.7. The minimum Gasteiger partial charge on any atom is -0.326 e. The summed E-state index contributed by atoms with van der Waals surface area (Å²) in [6, 6.07) is 5.54.